The number of carbonyl (C=O) groups excluding carboxylic acids is 2. The molecule has 18 heavy (non-hydrogen) atoms. The highest BCUT2D eigenvalue weighted by Crippen LogP contribution is 2.50. The molecule has 5 atom stereocenters. The van der Waals surface area contributed by atoms with E-state index in [-0.39, 0.29) is 28.6 Å². The standard InChI is InChI=1S/C12H15NO5/c14-11-7-3-1-2-6-9(13(16)17)5-4-8(10(6)7)12(15)18-11/h6-10H,1-5H2. The Morgan fingerprint density at radius 3 is 2.39 bits per heavy atom. The van der Waals surface area contributed by atoms with E-state index in [9.17, 15) is 19.7 Å². The number of cyclic esters (lactones) is 2. The summed E-state index contributed by atoms with van der Waals surface area (Å²) in [6, 6.07) is -0.590. The highest BCUT2D eigenvalue weighted by molar-refractivity contribution is 5.91. The van der Waals surface area contributed by atoms with Crippen molar-refractivity contribution in [2.75, 3.05) is 0 Å². The fraction of sp³-hybridized carbons (Fsp3) is 0.833. The molecule has 0 aromatic rings. The molecule has 1 heterocycles. The van der Waals surface area contributed by atoms with Crippen LogP contribution < -0.4 is 0 Å². The molecule has 1 aliphatic heterocycles. The van der Waals surface area contributed by atoms with Gasteiger partial charge in [-0.2, -0.15) is 0 Å². The summed E-state index contributed by atoms with van der Waals surface area (Å²) in [5, 5.41) is 11.1. The second-order valence-electron chi connectivity index (χ2n) is 5.56. The Morgan fingerprint density at radius 1 is 1.06 bits per heavy atom. The van der Waals surface area contributed by atoms with E-state index in [0.29, 0.717) is 19.3 Å². The van der Waals surface area contributed by atoms with Gasteiger partial charge < -0.3 is 4.74 Å². The number of hydrogen-bond donors (Lipinski definition) is 0. The van der Waals surface area contributed by atoms with Crippen LogP contribution in [0.3, 0.4) is 0 Å². The van der Waals surface area contributed by atoms with E-state index >= 15 is 0 Å². The lowest BCUT2D eigenvalue weighted by molar-refractivity contribution is -0.540. The first kappa shape index (κ1) is 11.6. The summed E-state index contributed by atoms with van der Waals surface area (Å²) >= 11 is 0. The molecular formula is C12H15NO5. The predicted octanol–water partition coefficient (Wildman–Crippen LogP) is 1.16. The quantitative estimate of drug-likeness (QED) is 0.303. The Balaban J connectivity index is 1.95. The Hall–Kier alpha value is -1.46. The molecule has 0 aromatic heterocycles. The largest absolute Gasteiger partial charge is 0.393 e. The molecule has 0 N–H and O–H groups in total. The van der Waals surface area contributed by atoms with E-state index in [1.165, 1.54) is 0 Å². The van der Waals surface area contributed by atoms with Gasteiger partial charge >= 0.3 is 11.9 Å². The van der Waals surface area contributed by atoms with Crippen molar-refractivity contribution in [3.63, 3.8) is 0 Å². The molecule has 0 amide bonds. The van der Waals surface area contributed by atoms with Crippen LogP contribution in [0.15, 0.2) is 0 Å². The van der Waals surface area contributed by atoms with E-state index in [4.69, 9.17) is 4.74 Å². The maximum Gasteiger partial charge on any atom is 0.316 e. The predicted molar refractivity (Wildman–Crippen MR) is 58.9 cm³/mol. The average molecular weight is 253 g/mol. The topological polar surface area (TPSA) is 86.5 Å². The average Bonchev–Trinajstić information content (AvgIpc) is 2.34. The third-order valence-electron chi connectivity index (χ3n) is 4.82. The molecule has 5 unspecified atom stereocenters. The Labute approximate surface area is 104 Å². The van der Waals surface area contributed by atoms with Crippen molar-refractivity contribution >= 4 is 11.9 Å². The minimum atomic E-state index is -0.590. The van der Waals surface area contributed by atoms with Gasteiger partial charge in [-0.3, -0.25) is 19.7 Å². The van der Waals surface area contributed by atoms with Crippen molar-refractivity contribution in [1.82, 2.24) is 0 Å². The second kappa shape index (κ2) is 4.03. The van der Waals surface area contributed by atoms with Crippen LogP contribution in [-0.2, 0) is 14.3 Å². The van der Waals surface area contributed by atoms with E-state index < -0.39 is 18.0 Å². The molecule has 1 saturated heterocycles. The SMILES string of the molecule is O=C1OC(=O)C2CCC([N+](=O)[O-])C3CCCC1C23. The van der Waals surface area contributed by atoms with Gasteiger partial charge in [0.05, 0.1) is 11.8 Å². The maximum atomic E-state index is 11.7. The first-order valence-electron chi connectivity index (χ1n) is 6.48. The number of nitrogens with zero attached hydrogens (tertiary/aromatic N) is 1. The molecule has 2 saturated carbocycles. The van der Waals surface area contributed by atoms with Gasteiger partial charge in [0.1, 0.15) is 0 Å². The van der Waals surface area contributed by atoms with Crippen LogP contribution in [0.25, 0.3) is 0 Å². The zero-order valence-electron chi connectivity index (χ0n) is 9.91. The zero-order chi connectivity index (χ0) is 12.9. The van der Waals surface area contributed by atoms with Crippen molar-refractivity contribution in [2.24, 2.45) is 23.7 Å². The molecule has 3 fully saturated rings. The van der Waals surface area contributed by atoms with Gasteiger partial charge in [-0.1, -0.05) is 6.42 Å². The molecule has 3 aliphatic rings. The van der Waals surface area contributed by atoms with Crippen LogP contribution in [0.4, 0.5) is 0 Å². The molecule has 0 aromatic carbocycles. The van der Waals surface area contributed by atoms with Crippen molar-refractivity contribution in [3.05, 3.63) is 10.1 Å². The third kappa shape index (κ3) is 1.54. The molecule has 6 nitrogen and oxygen atoms in total. The summed E-state index contributed by atoms with van der Waals surface area (Å²) in [4.78, 5) is 34.3. The van der Waals surface area contributed by atoms with Gasteiger partial charge in [0.2, 0.25) is 6.04 Å². The van der Waals surface area contributed by atoms with E-state index in [0.717, 1.165) is 12.8 Å². The summed E-state index contributed by atoms with van der Waals surface area (Å²) in [5.41, 5.74) is 0. The summed E-state index contributed by atoms with van der Waals surface area (Å²) < 4.78 is 4.79. The zero-order valence-corrected chi connectivity index (χ0v) is 9.91. The maximum absolute atomic E-state index is 11.7. The summed E-state index contributed by atoms with van der Waals surface area (Å²) in [6.45, 7) is 0. The minimum absolute atomic E-state index is 0.130. The summed E-state index contributed by atoms with van der Waals surface area (Å²) in [7, 11) is 0. The first-order chi connectivity index (χ1) is 8.59. The lowest BCUT2D eigenvalue weighted by atomic mass is 9.58. The highest BCUT2D eigenvalue weighted by Gasteiger charge is 2.57. The second-order valence-corrected chi connectivity index (χ2v) is 5.56. The van der Waals surface area contributed by atoms with Gasteiger partial charge in [0.15, 0.2) is 0 Å². The van der Waals surface area contributed by atoms with Gasteiger partial charge in [-0.15, -0.1) is 0 Å². The molecule has 6 heteroatoms. The van der Waals surface area contributed by atoms with Crippen LogP contribution in [0.5, 0.6) is 0 Å². The van der Waals surface area contributed by atoms with Crippen LogP contribution in [0.1, 0.15) is 32.1 Å². The van der Waals surface area contributed by atoms with Crippen LogP contribution in [0.2, 0.25) is 0 Å². The van der Waals surface area contributed by atoms with Crippen molar-refractivity contribution in [3.8, 4) is 0 Å². The number of hydrogen-bond acceptors (Lipinski definition) is 5. The summed E-state index contributed by atoms with van der Waals surface area (Å²) in [6.07, 6.45) is 3.18. The number of nitro groups is 1. The van der Waals surface area contributed by atoms with Gasteiger partial charge in [0, 0.05) is 17.3 Å². The fourth-order valence-electron chi connectivity index (χ4n) is 4.10. The highest BCUT2D eigenvalue weighted by atomic mass is 16.6. The van der Waals surface area contributed by atoms with Crippen molar-refractivity contribution < 1.29 is 19.2 Å². The number of carbonyl (C=O) groups is 2. The fourth-order valence-corrected chi connectivity index (χ4v) is 4.10. The van der Waals surface area contributed by atoms with Crippen LogP contribution in [-0.4, -0.2) is 22.9 Å². The molecule has 98 valence electrons. The number of rotatable bonds is 1. The Kier molecular flexibility index (Phi) is 2.60. The molecular weight excluding hydrogens is 238 g/mol. The van der Waals surface area contributed by atoms with Crippen LogP contribution in [0, 0.1) is 33.8 Å². The molecule has 0 bridgehead atoms. The molecule has 0 spiro atoms. The van der Waals surface area contributed by atoms with E-state index in [2.05, 4.69) is 0 Å². The first-order valence-corrected chi connectivity index (χ1v) is 6.48. The normalized spacial score (nSPS) is 43.0. The summed E-state index contributed by atoms with van der Waals surface area (Å²) in [5.74, 6) is -1.81. The smallest absolute Gasteiger partial charge is 0.316 e. The minimum Gasteiger partial charge on any atom is -0.393 e. The van der Waals surface area contributed by atoms with Gasteiger partial charge in [-0.25, -0.2) is 0 Å². The Bertz CT molecular complexity index is 405. The van der Waals surface area contributed by atoms with Crippen molar-refractivity contribution in [1.29, 1.82) is 0 Å². The Morgan fingerprint density at radius 2 is 1.72 bits per heavy atom. The van der Waals surface area contributed by atoms with Gasteiger partial charge in [0.25, 0.3) is 0 Å². The number of esters is 2. The van der Waals surface area contributed by atoms with Crippen molar-refractivity contribution in [2.45, 2.75) is 38.1 Å². The molecule has 2 aliphatic carbocycles. The molecule has 0 radical (unpaired) electrons. The molecule has 3 rings (SSSR count). The number of ether oxygens (including phenoxy) is 1. The lowest BCUT2D eigenvalue weighted by Crippen LogP contribution is -2.54. The van der Waals surface area contributed by atoms with Gasteiger partial charge in [-0.05, 0) is 25.2 Å². The van der Waals surface area contributed by atoms with Crippen LogP contribution >= 0.6 is 0 Å². The lowest BCUT2D eigenvalue weighted by Gasteiger charge is -2.46. The monoisotopic (exact) mass is 253 g/mol. The third-order valence-corrected chi connectivity index (χ3v) is 4.82. The van der Waals surface area contributed by atoms with E-state index in [1.54, 1.807) is 0 Å². The van der Waals surface area contributed by atoms with E-state index in [1.807, 2.05) is 0 Å².